The molecule has 0 fully saturated rings. The van der Waals surface area contributed by atoms with Gasteiger partial charge in [0, 0.05) is 12.8 Å². The molecule has 0 radical (unpaired) electrons. The maximum atomic E-state index is 12.3. The molecule has 0 aliphatic rings. The predicted molar refractivity (Wildman–Crippen MR) is 81.7 cm³/mol. The van der Waals surface area contributed by atoms with Crippen molar-refractivity contribution < 1.29 is 9.53 Å². The van der Waals surface area contributed by atoms with Crippen molar-refractivity contribution in [3.8, 4) is 0 Å². The van der Waals surface area contributed by atoms with Gasteiger partial charge in [-0.3, -0.25) is 9.48 Å². The lowest BCUT2D eigenvalue weighted by atomic mass is 10.2. The summed E-state index contributed by atoms with van der Waals surface area (Å²) in [4.78, 5) is 12.3. The summed E-state index contributed by atoms with van der Waals surface area (Å²) in [5.74, 6) is -0.121. The summed E-state index contributed by atoms with van der Waals surface area (Å²) in [5.41, 5.74) is 0.643. The zero-order chi connectivity index (χ0) is 15.2. The first-order chi connectivity index (χ1) is 10.1. The van der Waals surface area contributed by atoms with E-state index >= 15 is 0 Å². The highest BCUT2D eigenvalue weighted by atomic mass is 79.9. The van der Waals surface area contributed by atoms with Gasteiger partial charge in [-0.1, -0.05) is 6.92 Å². The van der Waals surface area contributed by atoms with Crippen molar-refractivity contribution in [2.45, 2.75) is 33.0 Å². The third kappa shape index (κ3) is 4.15. The summed E-state index contributed by atoms with van der Waals surface area (Å²) in [7, 11) is 0. The van der Waals surface area contributed by atoms with Gasteiger partial charge in [-0.15, -0.1) is 0 Å². The van der Waals surface area contributed by atoms with Gasteiger partial charge < -0.3 is 10.1 Å². The normalized spacial score (nSPS) is 12.3. The van der Waals surface area contributed by atoms with Gasteiger partial charge in [0.15, 0.2) is 0 Å². The zero-order valence-electron chi connectivity index (χ0n) is 12.0. The summed E-state index contributed by atoms with van der Waals surface area (Å²) < 4.78 is 9.37. The van der Waals surface area contributed by atoms with E-state index in [0.29, 0.717) is 25.4 Å². The Balaban J connectivity index is 2.00. The molecule has 0 aliphatic carbocycles. The highest BCUT2D eigenvalue weighted by molar-refractivity contribution is 9.10. The molecule has 7 nitrogen and oxygen atoms in total. The van der Waals surface area contributed by atoms with Crippen molar-refractivity contribution in [3.63, 3.8) is 0 Å². The van der Waals surface area contributed by atoms with E-state index in [0.717, 1.165) is 4.47 Å². The summed E-state index contributed by atoms with van der Waals surface area (Å²) in [6, 6.07) is -0.355. The first kappa shape index (κ1) is 15.7. The minimum absolute atomic E-state index is 0.121. The van der Waals surface area contributed by atoms with Crippen LogP contribution in [0.2, 0.25) is 0 Å². The van der Waals surface area contributed by atoms with Crippen LogP contribution in [0.4, 0.5) is 5.69 Å². The third-order valence-corrected chi connectivity index (χ3v) is 3.32. The van der Waals surface area contributed by atoms with Crippen LogP contribution in [-0.4, -0.2) is 32.1 Å². The van der Waals surface area contributed by atoms with Crippen LogP contribution in [0.25, 0.3) is 0 Å². The first-order valence-electron chi connectivity index (χ1n) is 6.74. The molecule has 0 saturated heterocycles. The Kier molecular flexibility index (Phi) is 5.51. The monoisotopic (exact) mass is 355 g/mol. The van der Waals surface area contributed by atoms with Gasteiger partial charge in [-0.2, -0.15) is 10.2 Å². The molecule has 1 amide bonds. The second kappa shape index (κ2) is 7.37. The van der Waals surface area contributed by atoms with Crippen LogP contribution in [0.3, 0.4) is 0 Å². The number of hydrogen-bond acceptors (Lipinski definition) is 4. The van der Waals surface area contributed by atoms with E-state index in [4.69, 9.17) is 4.74 Å². The lowest BCUT2D eigenvalue weighted by molar-refractivity contribution is -0.119. The van der Waals surface area contributed by atoms with E-state index in [1.54, 1.807) is 34.2 Å². The lowest BCUT2D eigenvalue weighted by Gasteiger charge is -2.14. The molecule has 2 heterocycles. The Morgan fingerprint density at radius 1 is 1.38 bits per heavy atom. The molecule has 2 rings (SSSR count). The summed E-state index contributed by atoms with van der Waals surface area (Å²) >= 11 is 3.33. The van der Waals surface area contributed by atoms with Gasteiger partial charge in [0.05, 0.1) is 28.8 Å². The molecule has 0 aliphatic heterocycles. The van der Waals surface area contributed by atoms with Crippen LogP contribution in [0, 0.1) is 0 Å². The largest absolute Gasteiger partial charge is 0.360 e. The van der Waals surface area contributed by atoms with Crippen molar-refractivity contribution in [2.24, 2.45) is 0 Å². The molecular formula is C13H18BrN5O2. The maximum absolute atomic E-state index is 12.3. The van der Waals surface area contributed by atoms with Crippen LogP contribution in [0.5, 0.6) is 0 Å². The molecular weight excluding hydrogens is 338 g/mol. The molecule has 0 saturated carbocycles. The predicted octanol–water partition coefficient (Wildman–Crippen LogP) is 2.43. The quantitative estimate of drug-likeness (QED) is 0.827. The molecule has 8 heteroatoms. The summed E-state index contributed by atoms with van der Waals surface area (Å²) in [6.45, 7) is 4.85. The average molecular weight is 356 g/mol. The van der Waals surface area contributed by atoms with Crippen molar-refractivity contribution in [3.05, 3.63) is 29.3 Å². The van der Waals surface area contributed by atoms with E-state index < -0.39 is 0 Å². The molecule has 0 aromatic carbocycles. The van der Waals surface area contributed by atoms with Crippen LogP contribution in [0.1, 0.15) is 26.3 Å². The molecule has 2 aromatic heterocycles. The van der Waals surface area contributed by atoms with Crippen LogP contribution in [0.15, 0.2) is 29.3 Å². The third-order valence-electron chi connectivity index (χ3n) is 2.91. The number of carbonyl (C=O) groups is 1. The number of carbonyl (C=O) groups excluding carboxylic acids is 1. The molecule has 21 heavy (non-hydrogen) atoms. The Hall–Kier alpha value is -1.67. The smallest absolute Gasteiger partial charge is 0.249 e. The van der Waals surface area contributed by atoms with Gasteiger partial charge >= 0.3 is 0 Å². The number of nitrogens with zero attached hydrogens (tertiary/aromatic N) is 4. The molecule has 1 N–H and O–H groups in total. The highest BCUT2D eigenvalue weighted by Crippen LogP contribution is 2.17. The highest BCUT2D eigenvalue weighted by Gasteiger charge is 2.19. The van der Waals surface area contributed by atoms with E-state index in [1.165, 1.54) is 0 Å². The van der Waals surface area contributed by atoms with Crippen LogP contribution < -0.4 is 5.32 Å². The maximum Gasteiger partial charge on any atom is 0.249 e. The number of hydrogen-bond donors (Lipinski definition) is 1. The van der Waals surface area contributed by atoms with Gasteiger partial charge in [0.2, 0.25) is 5.91 Å². The number of aromatic nitrogens is 4. The van der Waals surface area contributed by atoms with Crippen molar-refractivity contribution >= 4 is 27.5 Å². The number of rotatable bonds is 7. The SMILES string of the molecule is CCOCn1cc(NC(=O)C(CC)n2cc(Br)cn2)cn1. The lowest BCUT2D eigenvalue weighted by Crippen LogP contribution is -2.25. The number of anilines is 1. The Labute approximate surface area is 131 Å². The zero-order valence-corrected chi connectivity index (χ0v) is 13.6. The van der Waals surface area contributed by atoms with Gasteiger partial charge in [-0.05, 0) is 29.3 Å². The van der Waals surface area contributed by atoms with Crippen molar-refractivity contribution in [1.29, 1.82) is 0 Å². The second-order valence-corrected chi connectivity index (χ2v) is 5.36. The van der Waals surface area contributed by atoms with E-state index in [-0.39, 0.29) is 11.9 Å². The molecule has 1 unspecified atom stereocenters. The standard InChI is InChI=1S/C13H18BrN5O2/c1-3-12(19-7-10(14)5-16-19)13(20)17-11-6-15-18(8-11)9-21-4-2/h5-8,12H,3-4,9H2,1-2H3,(H,17,20). The molecule has 0 bridgehead atoms. The molecule has 114 valence electrons. The number of halogens is 1. The van der Waals surface area contributed by atoms with E-state index in [1.807, 2.05) is 13.8 Å². The molecule has 1 atom stereocenters. The Morgan fingerprint density at radius 3 is 2.81 bits per heavy atom. The second-order valence-electron chi connectivity index (χ2n) is 4.44. The minimum Gasteiger partial charge on any atom is -0.360 e. The minimum atomic E-state index is -0.355. The fraction of sp³-hybridized carbons (Fsp3) is 0.462. The Morgan fingerprint density at radius 2 is 2.19 bits per heavy atom. The number of nitrogens with one attached hydrogen (secondary N) is 1. The first-order valence-corrected chi connectivity index (χ1v) is 7.54. The molecule has 0 spiro atoms. The average Bonchev–Trinajstić information content (AvgIpc) is 3.07. The van der Waals surface area contributed by atoms with Crippen LogP contribution in [-0.2, 0) is 16.3 Å². The van der Waals surface area contributed by atoms with Crippen molar-refractivity contribution in [1.82, 2.24) is 19.6 Å². The van der Waals surface area contributed by atoms with Gasteiger partial charge in [0.25, 0.3) is 0 Å². The van der Waals surface area contributed by atoms with E-state index in [9.17, 15) is 4.79 Å². The van der Waals surface area contributed by atoms with E-state index in [2.05, 4.69) is 31.4 Å². The Bertz CT molecular complexity index is 595. The number of amides is 1. The fourth-order valence-corrected chi connectivity index (χ4v) is 2.19. The fourth-order valence-electron chi connectivity index (χ4n) is 1.89. The number of ether oxygens (including phenoxy) is 1. The van der Waals surface area contributed by atoms with Gasteiger partial charge in [-0.25, -0.2) is 4.68 Å². The van der Waals surface area contributed by atoms with Crippen molar-refractivity contribution in [2.75, 3.05) is 11.9 Å². The molecule has 2 aromatic rings. The van der Waals surface area contributed by atoms with Gasteiger partial charge in [0.1, 0.15) is 12.8 Å². The topological polar surface area (TPSA) is 74.0 Å². The summed E-state index contributed by atoms with van der Waals surface area (Å²) in [5, 5.41) is 11.1. The summed E-state index contributed by atoms with van der Waals surface area (Å²) in [6.07, 6.45) is 7.43. The van der Waals surface area contributed by atoms with Crippen LogP contribution >= 0.6 is 15.9 Å².